The highest BCUT2D eigenvalue weighted by Gasteiger charge is 2.21. The van der Waals surface area contributed by atoms with E-state index in [9.17, 15) is 9.59 Å². The highest BCUT2D eigenvalue weighted by Crippen LogP contribution is 2.33. The van der Waals surface area contributed by atoms with Crippen molar-refractivity contribution >= 4 is 74.7 Å². The molecule has 232 valence electrons. The van der Waals surface area contributed by atoms with Crippen LogP contribution in [-0.4, -0.2) is 46.7 Å². The summed E-state index contributed by atoms with van der Waals surface area (Å²) in [5, 5.41) is 20.4. The summed E-state index contributed by atoms with van der Waals surface area (Å²) in [6, 6.07) is 16.5. The SMILES string of the molecule is CC(C)(C)OC(=O)/N=C(\NCCc1cc(NC(=N)c2ccc(Cl)cc2)cc2c1[nH]c1ccc(Cl)cc12)NC(=O)OC(C)(C)C. The van der Waals surface area contributed by atoms with E-state index in [-0.39, 0.29) is 18.3 Å². The van der Waals surface area contributed by atoms with Gasteiger partial charge in [-0.1, -0.05) is 23.2 Å². The number of nitrogens with one attached hydrogen (secondary N) is 5. The largest absolute Gasteiger partial charge is 0.444 e. The standard InChI is InChI=1S/C32H36Cl2N6O4/c1-31(2,3)43-29(41)39-28(40-30(42)44-32(4,5)6)36-14-13-19-15-22(37-27(35)18-7-9-20(33)10-8-18)17-24-23-16-21(34)11-12-25(23)38-26(19)24/h7-12,15-17,38H,13-14H2,1-6H3,(H2,35,37)(H2,36,39,40,41,42). The number of benzene rings is 3. The molecule has 5 N–H and O–H groups in total. The third kappa shape index (κ3) is 9.11. The molecule has 0 saturated carbocycles. The molecule has 0 aliphatic carbocycles. The third-order valence-corrected chi connectivity index (χ3v) is 6.54. The maximum absolute atomic E-state index is 12.5. The number of aromatic amines is 1. The number of anilines is 1. The van der Waals surface area contributed by atoms with Gasteiger partial charge in [-0.15, -0.1) is 4.99 Å². The minimum absolute atomic E-state index is 0.105. The van der Waals surface area contributed by atoms with Crippen molar-refractivity contribution in [1.29, 1.82) is 5.41 Å². The molecule has 0 saturated heterocycles. The van der Waals surface area contributed by atoms with Crippen LogP contribution < -0.4 is 16.0 Å². The maximum atomic E-state index is 12.5. The highest BCUT2D eigenvalue weighted by molar-refractivity contribution is 6.32. The number of hydrogen-bond donors (Lipinski definition) is 5. The molecular formula is C32H36Cl2N6O4. The molecule has 0 aliphatic heterocycles. The number of aliphatic imine (C=N–C) groups is 1. The van der Waals surface area contributed by atoms with Gasteiger partial charge in [0, 0.05) is 49.6 Å². The van der Waals surface area contributed by atoms with E-state index in [1.165, 1.54) is 0 Å². The second kappa shape index (κ2) is 13.2. The Morgan fingerprint density at radius 3 is 2.20 bits per heavy atom. The van der Waals surface area contributed by atoms with Crippen LogP contribution in [0, 0.1) is 5.41 Å². The molecular weight excluding hydrogens is 603 g/mol. The molecule has 0 spiro atoms. The number of ether oxygens (including phenoxy) is 2. The Bertz CT molecular complexity index is 1730. The molecule has 4 rings (SSSR count). The molecule has 0 atom stereocenters. The molecule has 4 aromatic rings. The zero-order chi connectivity index (χ0) is 32.2. The van der Waals surface area contributed by atoms with Crippen LogP contribution in [0.1, 0.15) is 52.7 Å². The lowest BCUT2D eigenvalue weighted by atomic mass is 10.0. The van der Waals surface area contributed by atoms with E-state index in [1.54, 1.807) is 65.8 Å². The third-order valence-electron chi connectivity index (χ3n) is 6.06. The molecule has 2 amide bonds. The summed E-state index contributed by atoms with van der Waals surface area (Å²) in [4.78, 5) is 32.4. The van der Waals surface area contributed by atoms with Gasteiger partial charge in [0.2, 0.25) is 5.96 Å². The summed E-state index contributed by atoms with van der Waals surface area (Å²) in [5.74, 6) is 0.100. The fraction of sp³-hybridized carbons (Fsp3) is 0.312. The molecule has 0 unspecified atom stereocenters. The van der Waals surface area contributed by atoms with Crippen molar-refractivity contribution in [1.82, 2.24) is 15.6 Å². The predicted molar refractivity (Wildman–Crippen MR) is 177 cm³/mol. The van der Waals surface area contributed by atoms with E-state index >= 15 is 0 Å². The Hall–Kier alpha value is -4.28. The molecule has 0 bridgehead atoms. The first-order valence-corrected chi connectivity index (χ1v) is 14.7. The van der Waals surface area contributed by atoms with Gasteiger partial charge in [-0.3, -0.25) is 10.7 Å². The quantitative estimate of drug-likeness (QED) is 0.111. The van der Waals surface area contributed by atoms with E-state index in [1.807, 2.05) is 30.3 Å². The Kier molecular flexibility index (Phi) is 9.75. The molecule has 3 aromatic carbocycles. The molecule has 1 aromatic heterocycles. The zero-order valence-electron chi connectivity index (χ0n) is 25.4. The lowest BCUT2D eigenvalue weighted by molar-refractivity contribution is 0.0560. The smallest absolute Gasteiger partial charge is 0.437 e. The van der Waals surface area contributed by atoms with Gasteiger partial charge in [0.1, 0.15) is 17.0 Å². The number of hydrogen-bond acceptors (Lipinski definition) is 5. The Morgan fingerprint density at radius 1 is 0.886 bits per heavy atom. The van der Waals surface area contributed by atoms with E-state index in [2.05, 4.69) is 25.9 Å². The monoisotopic (exact) mass is 638 g/mol. The topological polar surface area (TPSA) is 141 Å². The molecule has 0 aliphatic rings. The number of guanidine groups is 1. The number of aromatic nitrogens is 1. The number of H-pyrrole nitrogens is 1. The summed E-state index contributed by atoms with van der Waals surface area (Å²) in [7, 11) is 0. The second-order valence-corrected chi connectivity index (χ2v) is 13.0. The van der Waals surface area contributed by atoms with Crippen LogP contribution in [0.3, 0.4) is 0 Å². The predicted octanol–water partition coefficient (Wildman–Crippen LogP) is 8.01. The Morgan fingerprint density at radius 2 is 1.55 bits per heavy atom. The fourth-order valence-electron chi connectivity index (χ4n) is 4.35. The number of rotatable bonds is 5. The van der Waals surface area contributed by atoms with Crippen molar-refractivity contribution < 1.29 is 19.1 Å². The minimum atomic E-state index is -0.863. The normalized spacial score (nSPS) is 12.2. The number of carbonyl (C=O) groups is 2. The molecule has 1 heterocycles. The number of amidine groups is 1. The number of carbonyl (C=O) groups excluding carboxylic acids is 2. The molecule has 10 nitrogen and oxygen atoms in total. The first kappa shape index (κ1) is 32.6. The van der Waals surface area contributed by atoms with Crippen molar-refractivity contribution in [3.8, 4) is 0 Å². The zero-order valence-corrected chi connectivity index (χ0v) is 27.0. The van der Waals surface area contributed by atoms with Crippen molar-refractivity contribution in [2.45, 2.75) is 59.2 Å². The lowest BCUT2D eigenvalue weighted by Gasteiger charge is -2.21. The van der Waals surface area contributed by atoms with Crippen LogP contribution in [0.15, 0.2) is 59.6 Å². The van der Waals surface area contributed by atoms with Crippen LogP contribution in [0.5, 0.6) is 0 Å². The molecule has 0 fully saturated rings. The Balaban J connectivity index is 1.62. The number of halogens is 2. The van der Waals surface area contributed by atoms with Crippen LogP contribution in [0.4, 0.5) is 15.3 Å². The highest BCUT2D eigenvalue weighted by atomic mass is 35.5. The van der Waals surface area contributed by atoms with Gasteiger partial charge in [-0.25, -0.2) is 9.59 Å². The van der Waals surface area contributed by atoms with E-state index in [0.717, 1.165) is 27.4 Å². The van der Waals surface area contributed by atoms with Crippen molar-refractivity contribution in [3.05, 3.63) is 75.8 Å². The number of fused-ring (bicyclic) bond motifs is 3. The summed E-state index contributed by atoms with van der Waals surface area (Å²) in [6.07, 6.45) is -1.18. The van der Waals surface area contributed by atoms with Gasteiger partial charge in [0.25, 0.3) is 0 Å². The van der Waals surface area contributed by atoms with Crippen molar-refractivity contribution in [2.75, 3.05) is 11.9 Å². The minimum Gasteiger partial charge on any atom is -0.444 e. The number of amides is 2. The molecule has 44 heavy (non-hydrogen) atoms. The Labute approximate surface area is 266 Å². The van der Waals surface area contributed by atoms with E-state index in [0.29, 0.717) is 27.7 Å². The van der Waals surface area contributed by atoms with Crippen LogP contribution in [-0.2, 0) is 15.9 Å². The maximum Gasteiger partial charge on any atom is 0.437 e. The number of alkyl carbamates (subject to hydrolysis) is 1. The first-order valence-electron chi connectivity index (χ1n) is 14.0. The van der Waals surface area contributed by atoms with E-state index in [4.69, 9.17) is 38.1 Å². The van der Waals surface area contributed by atoms with Gasteiger partial charge in [-0.05, 0) is 108 Å². The van der Waals surface area contributed by atoms with Gasteiger partial charge in [0.15, 0.2) is 0 Å². The molecule has 0 radical (unpaired) electrons. The van der Waals surface area contributed by atoms with Gasteiger partial charge < -0.3 is 25.1 Å². The van der Waals surface area contributed by atoms with Crippen molar-refractivity contribution in [2.24, 2.45) is 4.99 Å². The number of nitrogens with zero attached hydrogens (tertiary/aromatic N) is 1. The average Bonchev–Trinajstić information content (AvgIpc) is 3.24. The second-order valence-electron chi connectivity index (χ2n) is 12.1. The summed E-state index contributed by atoms with van der Waals surface area (Å²) >= 11 is 12.4. The van der Waals surface area contributed by atoms with Crippen LogP contribution >= 0.6 is 23.2 Å². The summed E-state index contributed by atoms with van der Waals surface area (Å²) in [5.41, 5.74) is 2.55. The average molecular weight is 640 g/mol. The summed E-state index contributed by atoms with van der Waals surface area (Å²) < 4.78 is 10.6. The van der Waals surface area contributed by atoms with Gasteiger partial charge >= 0.3 is 12.2 Å². The lowest BCUT2D eigenvalue weighted by Crippen LogP contribution is -2.44. The first-order chi connectivity index (χ1) is 20.6. The van der Waals surface area contributed by atoms with Gasteiger partial charge in [-0.2, -0.15) is 0 Å². The fourth-order valence-corrected chi connectivity index (χ4v) is 4.65. The van der Waals surface area contributed by atoms with Crippen molar-refractivity contribution in [3.63, 3.8) is 0 Å². The molecule has 12 heteroatoms. The van der Waals surface area contributed by atoms with Crippen LogP contribution in [0.25, 0.3) is 21.8 Å². The summed E-state index contributed by atoms with van der Waals surface area (Å²) in [6.45, 7) is 10.6. The van der Waals surface area contributed by atoms with E-state index < -0.39 is 23.4 Å². The van der Waals surface area contributed by atoms with Crippen LogP contribution in [0.2, 0.25) is 10.0 Å². The van der Waals surface area contributed by atoms with Gasteiger partial charge in [0.05, 0.1) is 0 Å².